The van der Waals surface area contributed by atoms with E-state index in [1.807, 2.05) is 37.9 Å². The Morgan fingerprint density at radius 3 is 2.23 bits per heavy atom. The largest absolute Gasteiger partial charge is 0.343 e. The number of sulfonamides is 1. The van der Waals surface area contributed by atoms with Crippen molar-refractivity contribution in [1.82, 2.24) is 14.5 Å². The van der Waals surface area contributed by atoms with Crippen LogP contribution in [-0.2, 0) is 21.2 Å². The molecular weight excluding hydrogens is 350 g/mol. The second-order valence-corrected chi connectivity index (χ2v) is 8.61. The lowest BCUT2D eigenvalue weighted by molar-refractivity contribution is -0.132. The zero-order chi connectivity index (χ0) is 19.2. The molecule has 1 heterocycles. The number of piperidine rings is 1. The fraction of sp³-hybridized carbons (Fsp3) is 0.632. The Kier molecular flexibility index (Phi) is 7.61. The van der Waals surface area contributed by atoms with E-state index in [4.69, 9.17) is 0 Å². The Bertz CT molecular complexity index is 676. The fourth-order valence-electron chi connectivity index (χ4n) is 3.37. The minimum absolute atomic E-state index is 0.180. The molecule has 0 spiro atoms. The van der Waals surface area contributed by atoms with E-state index in [2.05, 4.69) is 5.32 Å². The van der Waals surface area contributed by atoms with Gasteiger partial charge in [-0.05, 0) is 44.0 Å². The van der Waals surface area contributed by atoms with Gasteiger partial charge in [0.05, 0.1) is 4.90 Å². The van der Waals surface area contributed by atoms with Gasteiger partial charge in [0.25, 0.3) is 0 Å². The molecule has 6 nitrogen and oxygen atoms in total. The summed E-state index contributed by atoms with van der Waals surface area (Å²) in [5.41, 5.74) is 0.988. The Labute approximate surface area is 157 Å². The maximum absolute atomic E-state index is 12.5. The summed E-state index contributed by atoms with van der Waals surface area (Å²) < 4.78 is 26.4. The summed E-state index contributed by atoms with van der Waals surface area (Å²) in [5.74, 6) is 0.180. The third-order valence-corrected chi connectivity index (χ3v) is 7.21. The second kappa shape index (κ2) is 9.48. The van der Waals surface area contributed by atoms with Crippen LogP contribution in [0.4, 0.5) is 0 Å². The topological polar surface area (TPSA) is 69.7 Å². The summed E-state index contributed by atoms with van der Waals surface area (Å²) >= 11 is 0. The molecule has 7 heteroatoms. The van der Waals surface area contributed by atoms with Crippen LogP contribution in [0.2, 0.25) is 0 Å². The second-order valence-electron chi connectivity index (χ2n) is 6.68. The van der Waals surface area contributed by atoms with Crippen molar-refractivity contribution in [1.29, 1.82) is 0 Å². The number of carbonyl (C=O) groups is 1. The molecule has 0 radical (unpaired) electrons. The van der Waals surface area contributed by atoms with E-state index >= 15 is 0 Å². The maximum Gasteiger partial charge on any atom is 0.243 e. The van der Waals surface area contributed by atoms with Crippen LogP contribution in [0.15, 0.2) is 29.2 Å². The molecule has 26 heavy (non-hydrogen) atoms. The van der Waals surface area contributed by atoms with Crippen molar-refractivity contribution in [2.45, 2.75) is 50.5 Å². The highest BCUT2D eigenvalue weighted by atomic mass is 32.2. The fourth-order valence-corrected chi connectivity index (χ4v) is 4.83. The van der Waals surface area contributed by atoms with Gasteiger partial charge >= 0.3 is 0 Å². The Morgan fingerprint density at radius 1 is 1.15 bits per heavy atom. The number of benzene rings is 1. The molecule has 0 bridgehead atoms. The Hall–Kier alpha value is -1.44. The molecule has 146 valence electrons. The molecule has 1 aliphatic heterocycles. The van der Waals surface area contributed by atoms with Crippen LogP contribution >= 0.6 is 0 Å². The van der Waals surface area contributed by atoms with Crippen molar-refractivity contribution in [3.8, 4) is 0 Å². The molecule has 1 N–H and O–H groups in total. The zero-order valence-corrected chi connectivity index (χ0v) is 16.9. The quantitative estimate of drug-likeness (QED) is 0.746. The van der Waals surface area contributed by atoms with Gasteiger partial charge in [0, 0.05) is 38.6 Å². The first-order valence-corrected chi connectivity index (χ1v) is 10.9. The zero-order valence-electron chi connectivity index (χ0n) is 16.1. The number of carbonyl (C=O) groups excluding carboxylic acids is 1. The number of hydrogen-bond acceptors (Lipinski definition) is 4. The third kappa shape index (κ3) is 5.05. The Balaban J connectivity index is 1.90. The van der Waals surface area contributed by atoms with Gasteiger partial charge in [0.1, 0.15) is 0 Å². The normalized spacial score (nSPS) is 16.2. The number of nitrogens with zero attached hydrogens (tertiary/aromatic N) is 2. The van der Waals surface area contributed by atoms with Gasteiger partial charge in [0.2, 0.25) is 15.9 Å². The SMILES string of the molecule is CCN(CC)S(=O)(=O)c1ccc(CCC(=O)N2CCC(NC)CC2)cc1. The molecule has 2 rings (SSSR count). The molecule has 1 aliphatic rings. The summed E-state index contributed by atoms with van der Waals surface area (Å²) in [4.78, 5) is 14.6. The lowest BCUT2D eigenvalue weighted by Gasteiger charge is -2.31. The van der Waals surface area contributed by atoms with Crippen LogP contribution in [0.1, 0.15) is 38.7 Å². The van der Waals surface area contributed by atoms with E-state index in [0.717, 1.165) is 31.5 Å². The van der Waals surface area contributed by atoms with Gasteiger partial charge in [-0.2, -0.15) is 4.31 Å². The van der Waals surface area contributed by atoms with Crippen molar-refractivity contribution in [3.63, 3.8) is 0 Å². The molecule has 0 saturated carbocycles. The highest BCUT2D eigenvalue weighted by Gasteiger charge is 2.22. The number of nitrogens with one attached hydrogen (secondary N) is 1. The number of hydrogen-bond donors (Lipinski definition) is 1. The third-order valence-electron chi connectivity index (χ3n) is 5.15. The van der Waals surface area contributed by atoms with Crippen LogP contribution in [0.5, 0.6) is 0 Å². The summed E-state index contributed by atoms with van der Waals surface area (Å²) in [7, 11) is -1.46. The standard InChI is InChI=1S/C19H31N3O3S/c1-4-22(5-2)26(24,25)18-9-6-16(7-10-18)8-11-19(23)21-14-12-17(20-3)13-15-21/h6-7,9-10,17,20H,4-5,8,11-15H2,1-3H3. The predicted octanol–water partition coefficient (Wildman–Crippen LogP) is 1.86. The summed E-state index contributed by atoms with van der Waals surface area (Å²) in [6.07, 6.45) is 3.10. The molecule has 0 aliphatic carbocycles. The van der Waals surface area contributed by atoms with Crippen LogP contribution < -0.4 is 5.32 Å². The van der Waals surface area contributed by atoms with E-state index in [-0.39, 0.29) is 5.91 Å². The van der Waals surface area contributed by atoms with E-state index in [9.17, 15) is 13.2 Å². The average Bonchev–Trinajstić information content (AvgIpc) is 2.67. The van der Waals surface area contributed by atoms with Crippen molar-refractivity contribution in [2.24, 2.45) is 0 Å². The van der Waals surface area contributed by atoms with Crippen LogP contribution in [0.25, 0.3) is 0 Å². The van der Waals surface area contributed by atoms with E-state index < -0.39 is 10.0 Å². The summed E-state index contributed by atoms with van der Waals surface area (Å²) in [6, 6.07) is 7.44. The van der Waals surface area contributed by atoms with Crippen LogP contribution in [-0.4, -0.2) is 62.8 Å². The van der Waals surface area contributed by atoms with Gasteiger partial charge in [-0.15, -0.1) is 0 Å². The van der Waals surface area contributed by atoms with Crippen LogP contribution in [0, 0.1) is 0 Å². The van der Waals surface area contributed by atoms with Gasteiger partial charge in [-0.1, -0.05) is 26.0 Å². The first kappa shape index (κ1) is 20.9. The molecule has 1 amide bonds. The molecular formula is C19H31N3O3S. The highest BCUT2D eigenvalue weighted by Crippen LogP contribution is 2.17. The van der Waals surface area contributed by atoms with Crippen LogP contribution in [0.3, 0.4) is 0 Å². The van der Waals surface area contributed by atoms with Crippen molar-refractivity contribution in [3.05, 3.63) is 29.8 Å². The lowest BCUT2D eigenvalue weighted by Crippen LogP contribution is -2.44. The van der Waals surface area contributed by atoms with Gasteiger partial charge in [0.15, 0.2) is 0 Å². The molecule has 0 atom stereocenters. The van der Waals surface area contributed by atoms with Gasteiger partial charge in [-0.3, -0.25) is 4.79 Å². The maximum atomic E-state index is 12.5. The van der Waals surface area contributed by atoms with Crippen molar-refractivity contribution < 1.29 is 13.2 Å². The number of amides is 1. The lowest BCUT2D eigenvalue weighted by atomic mass is 10.0. The minimum Gasteiger partial charge on any atom is -0.343 e. The molecule has 1 aromatic rings. The smallest absolute Gasteiger partial charge is 0.243 e. The first-order valence-electron chi connectivity index (χ1n) is 9.46. The Morgan fingerprint density at radius 2 is 1.73 bits per heavy atom. The van der Waals surface area contributed by atoms with Crippen molar-refractivity contribution >= 4 is 15.9 Å². The molecule has 0 aromatic heterocycles. The van der Waals surface area contributed by atoms with Crippen molar-refractivity contribution in [2.75, 3.05) is 33.2 Å². The number of likely N-dealkylation sites (tertiary alicyclic amines) is 1. The number of rotatable bonds is 8. The first-order chi connectivity index (χ1) is 12.4. The van der Waals surface area contributed by atoms with E-state index in [0.29, 0.717) is 36.9 Å². The molecule has 1 fully saturated rings. The van der Waals surface area contributed by atoms with E-state index in [1.165, 1.54) is 4.31 Å². The number of aryl methyl sites for hydroxylation is 1. The predicted molar refractivity (Wildman–Crippen MR) is 104 cm³/mol. The highest BCUT2D eigenvalue weighted by molar-refractivity contribution is 7.89. The average molecular weight is 382 g/mol. The van der Waals surface area contributed by atoms with E-state index in [1.54, 1.807) is 12.1 Å². The molecule has 1 aromatic carbocycles. The van der Waals surface area contributed by atoms with Gasteiger partial charge in [-0.25, -0.2) is 8.42 Å². The minimum atomic E-state index is -3.42. The monoisotopic (exact) mass is 381 g/mol. The molecule has 0 unspecified atom stereocenters. The summed E-state index contributed by atoms with van der Waals surface area (Å²) in [5, 5.41) is 3.26. The summed E-state index contributed by atoms with van der Waals surface area (Å²) in [6.45, 7) is 6.20. The van der Waals surface area contributed by atoms with Gasteiger partial charge < -0.3 is 10.2 Å². The molecule has 1 saturated heterocycles.